The zero-order valence-electron chi connectivity index (χ0n) is 12.0. The van der Waals surface area contributed by atoms with Crippen LogP contribution in [0.15, 0.2) is 41.4 Å². The molecule has 0 unspecified atom stereocenters. The van der Waals surface area contributed by atoms with Gasteiger partial charge in [-0.05, 0) is 52.5 Å². The van der Waals surface area contributed by atoms with Crippen molar-refractivity contribution < 1.29 is 4.79 Å². The molecule has 3 aromatic rings. The molecule has 7 heteroatoms. The lowest BCUT2D eigenvalue weighted by atomic mass is 10.2. The minimum Gasteiger partial charge on any atom is -0.302 e. The third kappa shape index (κ3) is 3.05. The molecule has 0 aliphatic heterocycles. The van der Waals surface area contributed by atoms with Crippen LogP contribution in [0.3, 0.4) is 0 Å². The summed E-state index contributed by atoms with van der Waals surface area (Å²) in [6, 6.07) is 5.74. The number of aryl methyl sites for hydroxylation is 1. The molecule has 0 aromatic carbocycles. The molecule has 0 radical (unpaired) electrons. The molecule has 0 saturated carbocycles. The highest BCUT2D eigenvalue weighted by atomic mass is 32.1. The predicted molar refractivity (Wildman–Crippen MR) is 88.4 cm³/mol. The monoisotopic (exact) mass is 330 g/mol. The van der Waals surface area contributed by atoms with Gasteiger partial charge in [0, 0.05) is 6.20 Å². The van der Waals surface area contributed by atoms with Crippen LogP contribution in [0.2, 0.25) is 0 Å². The van der Waals surface area contributed by atoms with E-state index in [4.69, 9.17) is 0 Å². The van der Waals surface area contributed by atoms with Crippen molar-refractivity contribution in [2.24, 2.45) is 0 Å². The van der Waals surface area contributed by atoms with Crippen molar-refractivity contribution in [2.75, 3.05) is 4.90 Å². The van der Waals surface area contributed by atoms with Gasteiger partial charge in [0.1, 0.15) is 4.88 Å². The maximum Gasteiger partial charge on any atom is 0.272 e. The smallest absolute Gasteiger partial charge is 0.272 e. The first-order chi connectivity index (χ1) is 10.8. The molecule has 112 valence electrons. The van der Waals surface area contributed by atoms with E-state index in [2.05, 4.69) is 14.6 Å². The van der Waals surface area contributed by atoms with Crippen LogP contribution < -0.4 is 4.90 Å². The van der Waals surface area contributed by atoms with Crippen molar-refractivity contribution in [2.45, 2.75) is 19.9 Å². The average Bonchev–Trinajstić information content (AvgIpc) is 3.24. The normalized spacial score (nSPS) is 10.6. The number of thiophene rings is 1. The minimum atomic E-state index is -0.0777. The molecular formula is C15H14N4OS2. The second-order valence-electron chi connectivity index (χ2n) is 4.64. The summed E-state index contributed by atoms with van der Waals surface area (Å²) in [6.45, 7) is 2.48. The number of hydrogen-bond donors (Lipinski definition) is 0. The largest absolute Gasteiger partial charge is 0.302 e. The quantitative estimate of drug-likeness (QED) is 0.719. The summed E-state index contributed by atoms with van der Waals surface area (Å²) < 4.78 is 3.92. The first-order valence-electron chi connectivity index (χ1n) is 6.83. The van der Waals surface area contributed by atoms with Crippen molar-refractivity contribution >= 4 is 34.5 Å². The maximum atomic E-state index is 12.9. The fourth-order valence-electron chi connectivity index (χ4n) is 2.08. The molecule has 5 nitrogen and oxygen atoms in total. The van der Waals surface area contributed by atoms with Gasteiger partial charge in [0.15, 0.2) is 0 Å². The minimum absolute atomic E-state index is 0.0777. The Hall–Kier alpha value is -2.12. The number of amides is 1. The molecule has 0 aliphatic rings. The van der Waals surface area contributed by atoms with Crippen LogP contribution in [0.1, 0.15) is 27.9 Å². The lowest BCUT2D eigenvalue weighted by Gasteiger charge is -2.21. The van der Waals surface area contributed by atoms with Crippen LogP contribution in [0.5, 0.6) is 0 Å². The van der Waals surface area contributed by atoms with E-state index in [0.29, 0.717) is 17.8 Å². The molecule has 0 N–H and O–H groups in total. The highest BCUT2D eigenvalue weighted by molar-refractivity contribution is 7.08. The molecule has 0 fully saturated rings. The number of anilines is 1. The Morgan fingerprint density at radius 2 is 2.27 bits per heavy atom. The van der Waals surface area contributed by atoms with Crippen LogP contribution >= 0.6 is 22.9 Å². The fraction of sp³-hybridized carbons (Fsp3) is 0.200. The Bertz CT molecular complexity index is 740. The standard InChI is InChI=1S/C15H14N4OS2/c1-2-13-14(22-18-17-13)15(20)19(9-11-5-7-21-10-11)12-4-3-6-16-8-12/h3-8,10H,2,9H2,1H3. The van der Waals surface area contributed by atoms with E-state index in [9.17, 15) is 4.79 Å². The topological polar surface area (TPSA) is 59.0 Å². The number of carbonyl (C=O) groups is 1. The number of pyridine rings is 1. The first-order valence-corrected chi connectivity index (χ1v) is 8.55. The summed E-state index contributed by atoms with van der Waals surface area (Å²) in [5.74, 6) is -0.0777. The maximum absolute atomic E-state index is 12.9. The number of nitrogens with zero attached hydrogens (tertiary/aromatic N) is 4. The molecule has 0 saturated heterocycles. The Kier molecular flexibility index (Phi) is 4.55. The number of rotatable bonds is 5. The van der Waals surface area contributed by atoms with Gasteiger partial charge in [-0.15, -0.1) is 5.10 Å². The number of aromatic nitrogens is 3. The summed E-state index contributed by atoms with van der Waals surface area (Å²) in [7, 11) is 0. The molecule has 0 aliphatic carbocycles. The summed E-state index contributed by atoms with van der Waals surface area (Å²) in [4.78, 5) is 19.4. The highest BCUT2D eigenvalue weighted by Gasteiger charge is 2.23. The van der Waals surface area contributed by atoms with E-state index in [1.807, 2.05) is 35.9 Å². The van der Waals surface area contributed by atoms with Crippen LogP contribution in [-0.2, 0) is 13.0 Å². The molecule has 0 bridgehead atoms. The second kappa shape index (κ2) is 6.76. The third-order valence-electron chi connectivity index (χ3n) is 3.21. The van der Waals surface area contributed by atoms with E-state index >= 15 is 0 Å². The Morgan fingerprint density at radius 3 is 2.95 bits per heavy atom. The molecule has 3 rings (SSSR count). The van der Waals surface area contributed by atoms with Gasteiger partial charge in [-0.25, -0.2) is 0 Å². The van der Waals surface area contributed by atoms with Gasteiger partial charge >= 0.3 is 0 Å². The Morgan fingerprint density at radius 1 is 1.36 bits per heavy atom. The van der Waals surface area contributed by atoms with Crippen molar-refractivity contribution in [1.82, 2.24) is 14.6 Å². The lowest BCUT2D eigenvalue weighted by molar-refractivity contribution is 0.0988. The summed E-state index contributed by atoms with van der Waals surface area (Å²) in [5, 5.41) is 8.09. The summed E-state index contributed by atoms with van der Waals surface area (Å²) in [6.07, 6.45) is 4.09. The van der Waals surface area contributed by atoms with Crippen molar-refractivity contribution in [1.29, 1.82) is 0 Å². The van der Waals surface area contributed by atoms with Crippen molar-refractivity contribution in [3.05, 3.63) is 57.5 Å². The van der Waals surface area contributed by atoms with E-state index in [1.54, 1.807) is 28.6 Å². The van der Waals surface area contributed by atoms with E-state index in [-0.39, 0.29) is 5.91 Å². The van der Waals surface area contributed by atoms with Crippen LogP contribution in [0.25, 0.3) is 0 Å². The van der Waals surface area contributed by atoms with Gasteiger partial charge in [0.25, 0.3) is 5.91 Å². The van der Waals surface area contributed by atoms with Crippen LogP contribution in [0.4, 0.5) is 5.69 Å². The highest BCUT2D eigenvalue weighted by Crippen LogP contribution is 2.23. The molecule has 3 aromatic heterocycles. The van der Waals surface area contributed by atoms with Gasteiger partial charge in [0.05, 0.1) is 24.1 Å². The summed E-state index contributed by atoms with van der Waals surface area (Å²) >= 11 is 2.77. The molecule has 0 spiro atoms. The molecule has 0 atom stereocenters. The zero-order chi connectivity index (χ0) is 15.4. The number of hydrogen-bond acceptors (Lipinski definition) is 6. The van der Waals surface area contributed by atoms with Gasteiger partial charge in [-0.1, -0.05) is 11.4 Å². The van der Waals surface area contributed by atoms with E-state index in [0.717, 1.165) is 28.5 Å². The second-order valence-corrected chi connectivity index (χ2v) is 6.17. The molecule has 3 heterocycles. The van der Waals surface area contributed by atoms with Gasteiger partial charge < -0.3 is 4.90 Å². The van der Waals surface area contributed by atoms with Gasteiger partial charge in [-0.3, -0.25) is 9.78 Å². The molecular weight excluding hydrogens is 316 g/mol. The SMILES string of the molecule is CCc1nnsc1C(=O)N(Cc1ccsc1)c1cccnc1. The van der Waals surface area contributed by atoms with Crippen LogP contribution in [0, 0.1) is 0 Å². The average molecular weight is 330 g/mol. The fourth-order valence-corrected chi connectivity index (χ4v) is 3.44. The van der Waals surface area contributed by atoms with Crippen LogP contribution in [-0.4, -0.2) is 20.5 Å². The zero-order valence-corrected chi connectivity index (χ0v) is 13.6. The predicted octanol–water partition coefficient (Wildman–Crippen LogP) is 3.40. The van der Waals surface area contributed by atoms with Gasteiger partial charge in [0.2, 0.25) is 0 Å². The molecule has 1 amide bonds. The summed E-state index contributed by atoms with van der Waals surface area (Å²) in [5.41, 5.74) is 2.61. The lowest BCUT2D eigenvalue weighted by Crippen LogP contribution is -2.30. The van der Waals surface area contributed by atoms with Gasteiger partial charge in [-0.2, -0.15) is 11.3 Å². The third-order valence-corrected chi connectivity index (χ3v) is 4.70. The Labute approximate surface area is 136 Å². The number of carbonyl (C=O) groups excluding carboxylic acids is 1. The van der Waals surface area contributed by atoms with Crippen molar-refractivity contribution in [3.63, 3.8) is 0 Å². The molecule has 22 heavy (non-hydrogen) atoms. The first kappa shape index (κ1) is 14.8. The Balaban J connectivity index is 1.96. The van der Waals surface area contributed by atoms with Crippen molar-refractivity contribution in [3.8, 4) is 0 Å². The van der Waals surface area contributed by atoms with E-state index in [1.165, 1.54) is 0 Å². The van der Waals surface area contributed by atoms with E-state index < -0.39 is 0 Å².